The van der Waals surface area contributed by atoms with Crippen molar-refractivity contribution in [3.63, 3.8) is 0 Å². The normalized spacial score (nSPS) is 11.6. The highest BCUT2D eigenvalue weighted by atomic mass is 79.9. The van der Waals surface area contributed by atoms with E-state index in [0.717, 1.165) is 21.3 Å². The number of hydrazone groups is 1. The van der Waals surface area contributed by atoms with E-state index in [0.29, 0.717) is 12.2 Å². The first kappa shape index (κ1) is 20.3. The molecule has 0 aliphatic carbocycles. The third kappa shape index (κ3) is 6.03. The van der Waals surface area contributed by atoms with E-state index in [4.69, 9.17) is 4.74 Å². The molecule has 0 aromatic heterocycles. The number of nitrogens with one attached hydrogen (secondary N) is 1. The zero-order valence-electron chi connectivity index (χ0n) is 15.5. The Kier molecular flexibility index (Phi) is 7.15. The molecule has 0 heterocycles. The van der Waals surface area contributed by atoms with Crippen molar-refractivity contribution in [1.82, 2.24) is 5.43 Å². The van der Waals surface area contributed by atoms with E-state index in [2.05, 4.69) is 26.5 Å². The van der Waals surface area contributed by atoms with Gasteiger partial charge in [0.25, 0.3) is 5.91 Å². The fourth-order valence-corrected chi connectivity index (χ4v) is 2.83. The summed E-state index contributed by atoms with van der Waals surface area (Å²) in [5, 5.41) is 13.2. The van der Waals surface area contributed by atoms with E-state index in [9.17, 15) is 10.1 Å². The van der Waals surface area contributed by atoms with Crippen LogP contribution in [0.25, 0.3) is 0 Å². The van der Waals surface area contributed by atoms with Crippen LogP contribution in [-0.2, 0) is 11.4 Å². The summed E-state index contributed by atoms with van der Waals surface area (Å²) in [4.78, 5) is 12.2. The zero-order chi connectivity index (χ0) is 20.5. The van der Waals surface area contributed by atoms with E-state index in [-0.39, 0.29) is 0 Å². The molecule has 0 fully saturated rings. The van der Waals surface area contributed by atoms with E-state index in [1.165, 1.54) is 6.21 Å². The SMILES string of the molecule is N#C[C@@H](C(=O)N/N=C\c1ccc(OCc2ccc(Br)cc2)cc1)c1ccccc1. The molecular formula is C23H18BrN3O2. The second kappa shape index (κ2) is 10.2. The Balaban J connectivity index is 1.52. The van der Waals surface area contributed by atoms with Gasteiger partial charge in [-0.05, 0) is 53.1 Å². The minimum absolute atomic E-state index is 0.468. The maximum absolute atomic E-state index is 12.2. The van der Waals surface area contributed by atoms with Crippen LogP contribution < -0.4 is 10.2 Å². The molecule has 0 saturated heterocycles. The van der Waals surface area contributed by atoms with Gasteiger partial charge in [-0.2, -0.15) is 10.4 Å². The van der Waals surface area contributed by atoms with Gasteiger partial charge in [0.2, 0.25) is 0 Å². The highest BCUT2D eigenvalue weighted by molar-refractivity contribution is 9.10. The largest absolute Gasteiger partial charge is 0.489 e. The molecule has 144 valence electrons. The highest BCUT2D eigenvalue weighted by Crippen LogP contribution is 2.16. The van der Waals surface area contributed by atoms with Crippen LogP contribution in [0.15, 0.2) is 88.4 Å². The summed E-state index contributed by atoms with van der Waals surface area (Å²) in [7, 11) is 0. The van der Waals surface area contributed by atoms with E-state index in [1.54, 1.807) is 24.3 Å². The standard InChI is InChI=1S/C23H18BrN3O2/c24-20-10-6-18(7-11-20)16-29-21-12-8-17(9-13-21)15-26-27-23(28)22(14-25)19-4-2-1-3-5-19/h1-13,15,22H,16H2,(H,27,28)/b26-15-/t22-/m1/s1. The number of hydrogen-bond acceptors (Lipinski definition) is 4. The molecule has 1 amide bonds. The summed E-state index contributed by atoms with van der Waals surface area (Å²) in [5.41, 5.74) is 4.93. The Labute approximate surface area is 177 Å². The molecule has 29 heavy (non-hydrogen) atoms. The Morgan fingerprint density at radius 2 is 1.76 bits per heavy atom. The molecule has 1 atom stereocenters. The van der Waals surface area contributed by atoms with Crippen molar-refractivity contribution < 1.29 is 9.53 Å². The Bertz CT molecular complexity index is 1010. The monoisotopic (exact) mass is 447 g/mol. The molecule has 1 N–H and O–H groups in total. The fraction of sp³-hybridized carbons (Fsp3) is 0.0870. The lowest BCUT2D eigenvalue weighted by atomic mass is 10.0. The molecule has 0 unspecified atom stereocenters. The number of ether oxygens (including phenoxy) is 1. The lowest BCUT2D eigenvalue weighted by Gasteiger charge is -2.07. The van der Waals surface area contributed by atoms with Crippen molar-refractivity contribution in [3.05, 3.63) is 100 Å². The van der Waals surface area contributed by atoms with Crippen LogP contribution in [0.5, 0.6) is 5.75 Å². The molecule has 0 aliphatic rings. The van der Waals surface area contributed by atoms with Crippen LogP contribution in [0, 0.1) is 11.3 Å². The predicted octanol–water partition coefficient (Wildman–Crippen LogP) is 4.79. The number of nitrogens with zero attached hydrogens (tertiary/aromatic N) is 2. The van der Waals surface area contributed by atoms with Crippen molar-refractivity contribution in [2.75, 3.05) is 0 Å². The molecule has 6 heteroatoms. The molecule has 0 saturated carbocycles. The van der Waals surface area contributed by atoms with Crippen LogP contribution in [0.1, 0.15) is 22.6 Å². The first-order chi connectivity index (χ1) is 14.2. The van der Waals surface area contributed by atoms with Crippen LogP contribution in [-0.4, -0.2) is 12.1 Å². The molecule has 5 nitrogen and oxygen atoms in total. The smallest absolute Gasteiger partial charge is 0.261 e. The number of halogens is 1. The molecule has 3 rings (SSSR count). The maximum Gasteiger partial charge on any atom is 0.261 e. The lowest BCUT2D eigenvalue weighted by molar-refractivity contribution is -0.121. The average Bonchev–Trinajstić information content (AvgIpc) is 2.75. The second-order valence-corrected chi connectivity index (χ2v) is 7.11. The number of carbonyl (C=O) groups excluding carboxylic acids is 1. The van der Waals surface area contributed by atoms with Gasteiger partial charge in [0.15, 0.2) is 5.92 Å². The number of rotatable bonds is 7. The van der Waals surface area contributed by atoms with Gasteiger partial charge in [-0.1, -0.05) is 58.4 Å². The van der Waals surface area contributed by atoms with Gasteiger partial charge in [-0.25, -0.2) is 5.43 Å². The van der Waals surface area contributed by atoms with Gasteiger partial charge in [0.1, 0.15) is 12.4 Å². The minimum atomic E-state index is -0.900. The third-order valence-corrected chi connectivity index (χ3v) is 4.64. The second-order valence-electron chi connectivity index (χ2n) is 6.19. The summed E-state index contributed by atoms with van der Waals surface area (Å²) in [6.45, 7) is 0.478. The van der Waals surface area contributed by atoms with E-state index < -0.39 is 11.8 Å². The van der Waals surface area contributed by atoms with Gasteiger partial charge in [0, 0.05) is 4.47 Å². The number of benzene rings is 3. The lowest BCUT2D eigenvalue weighted by Crippen LogP contribution is -2.24. The van der Waals surface area contributed by atoms with E-state index >= 15 is 0 Å². The highest BCUT2D eigenvalue weighted by Gasteiger charge is 2.19. The first-order valence-corrected chi connectivity index (χ1v) is 9.70. The fourth-order valence-electron chi connectivity index (χ4n) is 2.56. The third-order valence-electron chi connectivity index (χ3n) is 4.11. The molecule has 0 bridgehead atoms. The average molecular weight is 448 g/mol. The van der Waals surface area contributed by atoms with Gasteiger partial charge >= 0.3 is 0 Å². The van der Waals surface area contributed by atoms with Crippen molar-refractivity contribution in [1.29, 1.82) is 5.26 Å². The number of nitriles is 1. The topological polar surface area (TPSA) is 74.5 Å². The van der Waals surface area contributed by atoms with Crippen LogP contribution in [0.4, 0.5) is 0 Å². The van der Waals surface area contributed by atoms with Crippen molar-refractivity contribution in [2.45, 2.75) is 12.5 Å². The van der Waals surface area contributed by atoms with Crippen LogP contribution >= 0.6 is 15.9 Å². The molecule has 0 aliphatic heterocycles. The predicted molar refractivity (Wildman–Crippen MR) is 115 cm³/mol. The number of hydrogen-bond donors (Lipinski definition) is 1. The van der Waals surface area contributed by atoms with Crippen LogP contribution in [0.3, 0.4) is 0 Å². The molecule has 0 radical (unpaired) electrons. The van der Waals surface area contributed by atoms with Gasteiger partial charge in [-0.15, -0.1) is 0 Å². The summed E-state index contributed by atoms with van der Waals surface area (Å²) in [5.74, 6) is -0.630. The van der Waals surface area contributed by atoms with Crippen molar-refractivity contribution >= 4 is 28.1 Å². The summed E-state index contributed by atoms with van der Waals surface area (Å²) >= 11 is 3.41. The quantitative estimate of drug-likeness (QED) is 0.418. The number of amides is 1. The Morgan fingerprint density at radius 3 is 2.41 bits per heavy atom. The van der Waals surface area contributed by atoms with Gasteiger partial charge in [0.05, 0.1) is 12.3 Å². The van der Waals surface area contributed by atoms with E-state index in [1.807, 2.05) is 60.7 Å². The van der Waals surface area contributed by atoms with Gasteiger partial charge < -0.3 is 4.74 Å². The molecular weight excluding hydrogens is 430 g/mol. The molecule has 3 aromatic rings. The summed E-state index contributed by atoms with van der Waals surface area (Å²) in [6, 6.07) is 26.2. The summed E-state index contributed by atoms with van der Waals surface area (Å²) < 4.78 is 6.79. The van der Waals surface area contributed by atoms with Crippen molar-refractivity contribution in [2.24, 2.45) is 5.10 Å². The Hall–Kier alpha value is -3.43. The zero-order valence-corrected chi connectivity index (χ0v) is 17.0. The number of carbonyl (C=O) groups is 1. The first-order valence-electron chi connectivity index (χ1n) is 8.90. The molecule has 0 spiro atoms. The van der Waals surface area contributed by atoms with Crippen molar-refractivity contribution in [3.8, 4) is 11.8 Å². The Morgan fingerprint density at radius 1 is 1.07 bits per heavy atom. The van der Waals surface area contributed by atoms with Gasteiger partial charge in [-0.3, -0.25) is 4.79 Å². The minimum Gasteiger partial charge on any atom is -0.489 e. The maximum atomic E-state index is 12.2. The van der Waals surface area contributed by atoms with Crippen LogP contribution in [0.2, 0.25) is 0 Å². The summed E-state index contributed by atoms with van der Waals surface area (Å²) in [6.07, 6.45) is 1.52. The molecule has 3 aromatic carbocycles.